The molecule has 1 aromatic carbocycles. The van der Waals surface area contributed by atoms with Crippen LogP contribution in [0, 0.1) is 20.8 Å². The van der Waals surface area contributed by atoms with Crippen molar-refractivity contribution in [2.24, 2.45) is 0 Å². The van der Waals surface area contributed by atoms with Gasteiger partial charge in [0.25, 0.3) is 11.5 Å². The van der Waals surface area contributed by atoms with E-state index in [0.29, 0.717) is 28.6 Å². The van der Waals surface area contributed by atoms with Crippen molar-refractivity contribution in [1.82, 2.24) is 20.4 Å². The number of carbonyl (C=O) groups excluding carboxylic acids is 1. The van der Waals surface area contributed by atoms with Crippen LogP contribution in [0.25, 0.3) is 0 Å². The van der Waals surface area contributed by atoms with Gasteiger partial charge in [-0.15, -0.1) is 0 Å². The summed E-state index contributed by atoms with van der Waals surface area (Å²) in [6.07, 6.45) is 0. The molecule has 0 fully saturated rings. The zero-order valence-electron chi connectivity index (χ0n) is 15.3. The first kappa shape index (κ1) is 18.4. The molecule has 0 radical (unpaired) electrons. The summed E-state index contributed by atoms with van der Waals surface area (Å²) in [7, 11) is 0. The van der Waals surface area contributed by atoms with Crippen molar-refractivity contribution in [2.75, 3.05) is 0 Å². The van der Waals surface area contributed by atoms with Crippen molar-refractivity contribution in [2.45, 2.75) is 33.9 Å². The van der Waals surface area contributed by atoms with Crippen LogP contribution in [0.1, 0.15) is 38.9 Å². The first-order valence-corrected chi connectivity index (χ1v) is 8.42. The van der Waals surface area contributed by atoms with Gasteiger partial charge in [0.1, 0.15) is 5.75 Å². The molecule has 140 valence electrons. The quantitative estimate of drug-likeness (QED) is 0.690. The molecule has 8 nitrogen and oxygen atoms in total. The Hall–Kier alpha value is -3.42. The molecule has 0 atom stereocenters. The van der Waals surface area contributed by atoms with Gasteiger partial charge in [-0.2, -0.15) is 4.98 Å². The fourth-order valence-electron chi connectivity index (χ4n) is 2.69. The van der Waals surface area contributed by atoms with Crippen molar-refractivity contribution in [3.8, 4) is 5.75 Å². The number of aromatic amines is 1. The number of carbonyl (C=O) groups is 1. The zero-order chi connectivity index (χ0) is 19.4. The molecule has 0 aliphatic carbocycles. The molecule has 0 saturated carbocycles. The summed E-state index contributed by atoms with van der Waals surface area (Å²) in [4.78, 5) is 31.5. The molecule has 27 heavy (non-hydrogen) atoms. The van der Waals surface area contributed by atoms with Gasteiger partial charge in [-0.05, 0) is 37.6 Å². The number of hydrogen-bond acceptors (Lipinski definition) is 6. The number of pyridine rings is 1. The van der Waals surface area contributed by atoms with E-state index in [1.807, 2.05) is 19.9 Å². The van der Waals surface area contributed by atoms with E-state index in [0.717, 1.165) is 11.3 Å². The summed E-state index contributed by atoms with van der Waals surface area (Å²) < 4.78 is 10.6. The van der Waals surface area contributed by atoms with E-state index in [9.17, 15) is 9.59 Å². The van der Waals surface area contributed by atoms with Crippen LogP contribution >= 0.6 is 0 Å². The molecule has 0 saturated heterocycles. The van der Waals surface area contributed by atoms with E-state index < -0.39 is 0 Å². The Bertz CT molecular complexity index is 1020. The van der Waals surface area contributed by atoms with Gasteiger partial charge in [0.15, 0.2) is 6.61 Å². The minimum atomic E-state index is -0.339. The average molecular weight is 368 g/mol. The Morgan fingerprint density at radius 1 is 1.26 bits per heavy atom. The van der Waals surface area contributed by atoms with E-state index in [-0.39, 0.29) is 24.6 Å². The maximum absolute atomic E-state index is 12.6. The van der Waals surface area contributed by atoms with E-state index in [2.05, 4.69) is 20.4 Å². The van der Waals surface area contributed by atoms with Crippen molar-refractivity contribution in [3.63, 3.8) is 0 Å². The Morgan fingerprint density at radius 3 is 2.74 bits per heavy atom. The summed E-state index contributed by atoms with van der Waals surface area (Å²) >= 11 is 0. The lowest BCUT2D eigenvalue weighted by Crippen LogP contribution is -2.28. The van der Waals surface area contributed by atoms with Crippen molar-refractivity contribution >= 4 is 5.91 Å². The number of H-pyrrole nitrogens is 1. The van der Waals surface area contributed by atoms with E-state index in [1.165, 1.54) is 0 Å². The summed E-state index contributed by atoms with van der Waals surface area (Å²) in [5, 5.41) is 6.53. The third-order valence-electron chi connectivity index (χ3n) is 3.98. The van der Waals surface area contributed by atoms with Gasteiger partial charge in [0.05, 0.1) is 5.56 Å². The van der Waals surface area contributed by atoms with Gasteiger partial charge < -0.3 is 19.6 Å². The Morgan fingerprint density at radius 2 is 2.04 bits per heavy atom. The van der Waals surface area contributed by atoms with Crippen LogP contribution < -0.4 is 15.6 Å². The second-order valence-corrected chi connectivity index (χ2v) is 6.14. The molecule has 2 heterocycles. The van der Waals surface area contributed by atoms with E-state index in [4.69, 9.17) is 9.26 Å². The number of ether oxygens (including phenoxy) is 1. The maximum Gasteiger partial charge on any atom is 0.255 e. The number of hydrogen-bond donors (Lipinski definition) is 2. The second kappa shape index (κ2) is 7.86. The number of nitrogens with zero attached hydrogens (tertiary/aromatic N) is 2. The third kappa shape index (κ3) is 4.41. The fourth-order valence-corrected chi connectivity index (χ4v) is 2.69. The second-order valence-electron chi connectivity index (χ2n) is 6.14. The summed E-state index contributed by atoms with van der Waals surface area (Å²) in [6.45, 7) is 5.55. The highest BCUT2D eigenvalue weighted by Crippen LogP contribution is 2.19. The minimum Gasteiger partial charge on any atom is -0.485 e. The smallest absolute Gasteiger partial charge is 0.255 e. The molecule has 8 heteroatoms. The molecule has 0 bridgehead atoms. The molecule has 1 amide bonds. The number of aryl methyl sites for hydroxylation is 3. The van der Waals surface area contributed by atoms with Gasteiger partial charge >= 0.3 is 0 Å². The molecular formula is C19H20N4O4. The van der Waals surface area contributed by atoms with Crippen molar-refractivity contribution < 1.29 is 14.1 Å². The van der Waals surface area contributed by atoms with Crippen LogP contribution in [-0.4, -0.2) is 21.0 Å². The van der Waals surface area contributed by atoms with Gasteiger partial charge in [-0.3, -0.25) is 9.59 Å². The van der Waals surface area contributed by atoms with Crippen molar-refractivity contribution in [1.29, 1.82) is 0 Å². The van der Waals surface area contributed by atoms with E-state index >= 15 is 0 Å². The van der Waals surface area contributed by atoms with E-state index in [1.54, 1.807) is 31.2 Å². The third-order valence-corrected chi connectivity index (χ3v) is 3.98. The van der Waals surface area contributed by atoms with Crippen LogP contribution in [0.4, 0.5) is 0 Å². The average Bonchev–Trinajstić information content (AvgIpc) is 3.04. The molecule has 0 aliphatic heterocycles. The Balaban J connectivity index is 1.71. The standard InChI is InChI=1S/C19H20N4O4/c1-11-8-12(2)21-19(25)15(11)9-20-18(24)14-6-4-5-7-16(14)26-10-17-22-13(3)27-23-17/h4-8H,9-10H2,1-3H3,(H,20,24)(H,21,25). The van der Waals surface area contributed by atoms with Crippen LogP contribution in [0.15, 0.2) is 39.6 Å². The monoisotopic (exact) mass is 368 g/mol. The summed E-state index contributed by atoms with van der Waals surface area (Å²) in [5.41, 5.74) is 2.29. The first-order chi connectivity index (χ1) is 12.9. The number of rotatable bonds is 6. The highest BCUT2D eigenvalue weighted by Gasteiger charge is 2.14. The number of para-hydroxylation sites is 1. The van der Waals surface area contributed by atoms with Crippen LogP contribution in [0.5, 0.6) is 5.75 Å². The zero-order valence-corrected chi connectivity index (χ0v) is 15.3. The molecule has 2 aromatic heterocycles. The molecule has 0 aliphatic rings. The van der Waals surface area contributed by atoms with Crippen LogP contribution in [0.2, 0.25) is 0 Å². The largest absolute Gasteiger partial charge is 0.485 e. The summed E-state index contributed by atoms with van der Waals surface area (Å²) in [5.74, 6) is 0.893. The number of amides is 1. The summed E-state index contributed by atoms with van der Waals surface area (Å²) in [6, 6.07) is 8.71. The highest BCUT2D eigenvalue weighted by atomic mass is 16.5. The Labute approximate surface area is 155 Å². The number of aromatic nitrogens is 3. The van der Waals surface area contributed by atoms with Crippen LogP contribution in [0.3, 0.4) is 0 Å². The topological polar surface area (TPSA) is 110 Å². The molecule has 2 N–H and O–H groups in total. The van der Waals surface area contributed by atoms with Gasteiger partial charge in [0.2, 0.25) is 11.7 Å². The number of nitrogens with one attached hydrogen (secondary N) is 2. The lowest BCUT2D eigenvalue weighted by atomic mass is 10.1. The predicted octanol–water partition coefficient (Wildman–Crippen LogP) is 2.19. The molecule has 0 unspecified atom stereocenters. The molecule has 3 aromatic rings. The normalized spacial score (nSPS) is 10.6. The molecular weight excluding hydrogens is 348 g/mol. The fraction of sp³-hybridized carbons (Fsp3) is 0.263. The SMILES string of the molecule is Cc1cc(C)c(CNC(=O)c2ccccc2OCc2noc(C)n2)c(=O)[nH]1. The van der Waals surface area contributed by atoms with Gasteiger partial charge in [-0.1, -0.05) is 17.3 Å². The van der Waals surface area contributed by atoms with Gasteiger partial charge in [-0.25, -0.2) is 0 Å². The highest BCUT2D eigenvalue weighted by molar-refractivity contribution is 5.96. The lowest BCUT2D eigenvalue weighted by Gasteiger charge is -2.11. The molecule has 3 rings (SSSR count). The Kier molecular flexibility index (Phi) is 5.35. The molecule has 0 spiro atoms. The lowest BCUT2D eigenvalue weighted by molar-refractivity contribution is 0.0946. The number of benzene rings is 1. The maximum atomic E-state index is 12.6. The van der Waals surface area contributed by atoms with Gasteiger partial charge in [0, 0.05) is 24.7 Å². The first-order valence-electron chi connectivity index (χ1n) is 8.42. The minimum absolute atomic E-state index is 0.0817. The van der Waals surface area contributed by atoms with Crippen molar-refractivity contribution in [3.05, 3.63) is 74.8 Å². The predicted molar refractivity (Wildman–Crippen MR) is 97.5 cm³/mol. The van der Waals surface area contributed by atoms with Crippen LogP contribution in [-0.2, 0) is 13.2 Å².